The van der Waals surface area contributed by atoms with Gasteiger partial charge in [0.05, 0.1) is 12.7 Å². The first kappa shape index (κ1) is 30.0. The van der Waals surface area contributed by atoms with Crippen molar-refractivity contribution in [1.29, 1.82) is 0 Å². The van der Waals surface area contributed by atoms with Gasteiger partial charge in [0, 0.05) is 36.7 Å². The number of anilines is 2. The van der Waals surface area contributed by atoms with Gasteiger partial charge in [0.2, 0.25) is 0 Å². The Bertz CT molecular complexity index is 1640. The summed E-state index contributed by atoms with van der Waals surface area (Å²) < 4.78 is 46.1. The van der Waals surface area contributed by atoms with Crippen LogP contribution in [-0.4, -0.2) is 54.6 Å². The molecule has 3 aromatic carbocycles. The summed E-state index contributed by atoms with van der Waals surface area (Å²) in [5.41, 5.74) is 1.90. The first-order chi connectivity index (χ1) is 21.2. The number of rotatable bonds is 12. The predicted octanol–water partition coefficient (Wildman–Crippen LogP) is 4.45. The van der Waals surface area contributed by atoms with Crippen molar-refractivity contribution in [3.63, 3.8) is 0 Å². The molecule has 44 heavy (non-hydrogen) atoms. The standard InChI is InChI=1S/C31H28F2N4O7/c1-41-22-7-9-23(10-8-22)42-18-21(38)17-36-30(40)26-14-19(12-13-34-26)16-35-25-5-3-2-4-24(25)29(39)37-20-6-11-27-28(15-20)44-31(32,33)43-27/h2-15,21,35,38H,16-18H2,1H3,(H,36,40)(H,37,39). The molecule has 1 aromatic heterocycles. The monoisotopic (exact) mass is 606 g/mol. The fourth-order valence-corrected chi connectivity index (χ4v) is 4.19. The van der Waals surface area contributed by atoms with Crippen LogP contribution in [0.15, 0.2) is 85.1 Å². The largest absolute Gasteiger partial charge is 0.586 e. The number of para-hydroxylation sites is 1. The zero-order valence-corrected chi connectivity index (χ0v) is 23.4. The van der Waals surface area contributed by atoms with Gasteiger partial charge in [-0.2, -0.15) is 0 Å². The van der Waals surface area contributed by atoms with E-state index in [9.17, 15) is 23.5 Å². The van der Waals surface area contributed by atoms with Crippen LogP contribution in [0.1, 0.15) is 26.4 Å². The summed E-state index contributed by atoms with van der Waals surface area (Å²) in [6.45, 7) is 0.180. The molecule has 0 fully saturated rings. The van der Waals surface area contributed by atoms with Gasteiger partial charge >= 0.3 is 6.29 Å². The number of ether oxygens (including phenoxy) is 4. The molecule has 0 bridgehead atoms. The first-order valence-corrected chi connectivity index (χ1v) is 13.4. The maximum Gasteiger partial charge on any atom is 0.586 e. The zero-order chi connectivity index (χ0) is 31.1. The highest BCUT2D eigenvalue weighted by Crippen LogP contribution is 2.42. The summed E-state index contributed by atoms with van der Waals surface area (Å²) in [5, 5.41) is 18.7. The number of hydrogen-bond acceptors (Lipinski definition) is 9. The van der Waals surface area contributed by atoms with Crippen LogP contribution in [-0.2, 0) is 6.54 Å². The van der Waals surface area contributed by atoms with Crippen molar-refractivity contribution in [2.24, 2.45) is 0 Å². The molecule has 0 radical (unpaired) electrons. The topological polar surface area (TPSA) is 140 Å². The van der Waals surface area contributed by atoms with Gasteiger partial charge in [0.15, 0.2) is 11.5 Å². The Hall–Kier alpha value is -5.43. The third kappa shape index (κ3) is 7.69. The summed E-state index contributed by atoms with van der Waals surface area (Å²) in [5.74, 6) is -0.0402. The molecule has 0 saturated carbocycles. The number of aliphatic hydroxyl groups excluding tert-OH is 1. The lowest BCUT2D eigenvalue weighted by Crippen LogP contribution is -2.35. The average molecular weight is 607 g/mol. The SMILES string of the molecule is COc1ccc(OCC(O)CNC(=O)c2cc(CNc3ccccc3C(=O)Nc3ccc4c(c3)OC(F)(F)O4)ccn2)cc1. The molecule has 0 saturated heterocycles. The van der Waals surface area contributed by atoms with Gasteiger partial charge in [-0.1, -0.05) is 12.1 Å². The fourth-order valence-electron chi connectivity index (χ4n) is 4.19. The zero-order valence-electron chi connectivity index (χ0n) is 23.4. The molecule has 2 amide bonds. The Labute approximate surface area is 250 Å². The highest BCUT2D eigenvalue weighted by atomic mass is 19.3. The Morgan fingerprint density at radius 1 is 0.955 bits per heavy atom. The highest BCUT2D eigenvalue weighted by molar-refractivity contribution is 6.08. The van der Waals surface area contributed by atoms with Crippen molar-refractivity contribution in [2.75, 3.05) is 30.9 Å². The molecule has 5 rings (SSSR count). The minimum atomic E-state index is -3.76. The summed E-state index contributed by atoms with van der Waals surface area (Å²) in [7, 11) is 1.56. The number of aromatic nitrogens is 1. The van der Waals surface area contributed by atoms with Gasteiger partial charge < -0.3 is 40.0 Å². The molecule has 1 atom stereocenters. The Balaban J connectivity index is 1.13. The summed E-state index contributed by atoms with van der Waals surface area (Å²) in [6.07, 6.45) is -3.23. The number of methoxy groups -OCH3 is 1. The molecule has 1 aliphatic heterocycles. The molecule has 2 heterocycles. The molecule has 4 N–H and O–H groups in total. The average Bonchev–Trinajstić information content (AvgIpc) is 3.35. The number of benzene rings is 3. The van der Waals surface area contributed by atoms with E-state index in [1.54, 1.807) is 67.8 Å². The molecule has 228 valence electrons. The number of amides is 2. The minimum Gasteiger partial charge on any atom is -0.497 e. The molecular formula is C31H28F2N4O7. The first-order valence-electron chi connectivity index (χ1n) is 13.4. The maximum absolute atomic E-state index is 13.3. The van der Waals surface area contributed by atoms with E-state index in [4.69, 9.17) is 9.47 Å². The fraction of sp³-hybridized carbons (Fsp3) is 0.194. The lowest BCUT2D eigenvalue weighted by molar-refractivity contribution is -0.286. The molecule has 1 aliphatic rings. The molecule has 4 aromatic rings. The van der Waals surface area contributed by atoms with Crippen molar-refractivity contribution in [3.8, 4) is 23.0 Å². The van der Waals surface area contributed by atoms with Crippen LogP contribution < -0.4 is 34.9 Å². The van der Waals surface area contributed by atoms with Crippen molar-refractivity contribution in [2.45, 2.75) is 18.9 Å². The van der Waals surface area contributed by atoms with Crippen molar-refractivity contribution < 1.29 is 42.4 Å². The van der Waals surface area contributed by atoms with E-state index in [1.165, 1.54) is 24.4 Å². The smallest absolute Gasteiger partial charge is 0.497 e. The van der Waals surface area contributed by atoms with E-state index in [1.807, 2.05) is 0 Å². The highest BCUT2D eigenvalue weighted by Gasteiger charge is 2.43. The van der Waals surface area contributed by atoms with E-state index in [2.05, 4.69) is 30.4 Å². The molecule has 0 aliphatic carbocycles. The van der Waals surface area contributed by atoms with Gasteiger partial charge in [-0.15, -0.1) is 8.78 Å². The van der Waals surface area contributed by atoms with Crippen molar-refractivity contribution in [3.05, 3.63) is 102 Å². The number of carbonyl (C=O) groups excluding carboxylic acids is 2. The lowest BCUT2D eigenvalue weighted by Gasteiger charge is -2.14. The maximum atomic E-state index is 13.3. The molecule has 0 spiro atoms. The van der Waals surface area contributed by atoms with Crippen LogP contribution in [0.5, 0.6) is 23.0 Å². The van der Waals surface area contributed by atoms with E-state index < -0.39 is 24.2 Å². The van der Waals surface area contributed by atoms with Gasteiger partial charge in [-0.3, -0.25) is 14.6 Å². The molecule has 11 nitrogen and oxygen atoms in total. The number of alkyl halides is 2. The minimum absolute atomic E-state index is 0.0262. The lowest BCUT2D eigenvalue weighted by atomic mass is 10.1. The summed E-state index contributed by atoms with van der Waals surface area (Å²) in [4.78, 5) is 29.8. The second kappa shape index (κ2) is 13.3. The van der Waals surface area contributed by atoms with Gasteiger partial charge in [-0.25, -0.2) is 0 Å². The van der Waals surface area contributed by atoms with Crippen LogP contribution in [0.4, 0.5) is 20.2 Å². The summed E-state index contributed by atoms with van der Waals surface area (Å²) in [6, 6.07) is 20.9. The van der Waals surface area contributed by atoms with Gasteiger partial charge in [-0.05, 0) is 66.2 Å². The second-order valence-electron chi connectivity index (χ2n) is 9.58. The Morgan fingerprint density at radius 3 is 2.50 bits per heavy atom. The number of pyridine rings is 1. The Morgan fingerprint density at radius 2 is 1.70 bits per heavy atom. The van der Waals surface area contributed by atoms with E-state index in [0.717, 1.165) is 0 Å². The van der Waals surface area contributed by atoms with Crippen LogP contribution in [0.25, 0.3) is 0 Å². The Kier molecular flexibility index (Phi) is 9.05. The number of nitrogens with zero attached hydrogens (tertiary/aromatic N) is 1. The van der Waals surface area contributed by atoms with E-state index in [-0.39, 0.29) is 42.6 Å². The second-order valence-corrected chi connectivity index (χ2v) is 9.58. The number of nitrogens with one attached hydrogen (secondary N) is 3. The van der Waals surface area contributed by atoms with Crippen LogP contribution in [0, 0.1) is 0 Å². The van der Waals surface area contributed by atoms with Crippen LogP contribution >= 0.6 is 0 Å². The number of fused-ring (bicyclic) bond motifs is 1. The molecular weight excluding hydrogens is 578 g/mol. The predicted molar refractivity (Wildman–Crippen MR) is 155 cm³/mol. The quantitative estimate of drug-likeness (QED) is 0.184. The van der Waals surface area contributed by atoms with E-state index >= 15 is 0 Å². The van der Waals surface area contributed by atoms with E-state index in [0.29, 0.717) is 28.3 Å². The molecule has 1 unspecified atom stereocenters. The number of hydrogen-bond donors (Lipinski definition) is 4. The third-order valence-corrected chi connectivity index (χ3v) is 6.37. The van der Waals surface area contributed by atoms with Crippen LogP contribution in [0.2, 0.25) is 0 Å². The van der Waals surface area contributed by atoms with Crippen molar-refractivity contribution >= 4 is 23.2 Å². The van der Waals surface area contributed by atoms with Crippen LogP contribution in [0.3, 0.4) is 0 Å². The number of aliphatic hydroxyl groups is 1. The van der Waals surface area contributed by atoms with Crippen molar-refractivity contribution in [1.82, 2.24) is 10.3 Å². The third-order valence-electron chi connectivity index (χ3n) is 6.37. The normalized spacial score (nSPS) is 13.5. The molecule has 13 heteroatoms. The van der Waals surface area contributed by atoms with Gasteiger partial charge in [0.25, 0.3) is 11.8 Å². The summed E-state index contributed by atoms with van der Waals surface area (Å²) >= 11 is 0. The van der Waals surface area contributed by atoms with Gasteiger partial charge in [0.1, 0.15) is 29.9 Å². The number of halogens is 2. The number of carbonyl (C=O) groups is 2.